The van der Waals surface area contributed by atoms with Gasteiger partial charge in [-0.05, 0) is 18.1 Å². The molecule has 0 saturated heterocycles. The highest BCUT2D eigenvalue weighted by Crippen LogP contribution is 2.37. The van der Waals surface area contributed by atoms with Crippen molar-refractivity contribution in [3.63, 3.8) is 0 Å². The number of aromatic hydroxyl groups is 1. The number of thiophene rings is 1. The largest absolute Gasteiger partial charge is 0.505 e. The fourth-order valence-electron chi connectivity index (χ4n) is 2.57. The number of nitrogens with one attached hydrogen (secondary N) is 1. The molecule has 0 atom stereocenters. The van der Waals surface area contributed by atoms with Gasteiger partial charge in [-0.2, -0.15) is 0 Å². The van der Waals surface area contributed by atoms with Crippen LogP contribution in [0.4, 0.5) is 4.79 Å². The molecule has 24 heavy (non-hydrogen) atoms. The second kappa shape index (κ2) is 6.10. The molecule has 2 aromatic rings. The molecule has 126 valence electrons. The smallest absolute Gasteiger partial charge is 0.411 e. The van der Waals surface area contributed by atoms with Gasteiger partial charge in [-0.3, -0.25) is 14.9 Å². The van der Waals surface area contributed by atoms with Gasteiger partial charge in [-0.1, -0.05) is 6.08 Å². The van der Waals surface area contributed by atoms with E-state index >= 15 is 0 Å². The van der Waals surface area contributed by atoms with E-state index in [1.54, 1.807) is 11.4 Å². The fourth-order valence-corrected chi connectivity index (χ4v) is 3.77. The monoisotopic (exact) mass is 350 g/mol. The third-order valence-corrected chi connectivity index (χ3v) is 4.98. The van der Waals surface area contributed by atoms with Gasteiger partial charge in [0.1, 0.15) is 5.56 Å². The average Bonchev–Trinajstić information content (AvgIpc) is 2.99. The van der Waals surface area contributed by atoms with Crippen LogP contribution in [0, 0.1) is 0 Å². The molecule has 0 fully saturated rings. The van der Waals surface area contributed by atoms with Crippen LogP contribution in [0.2, 0.25) is 0 Å². The Hall–Kier alpha value is -2.65. The maximum Gasteiger partial charge on any atom is 0.411 e. The maximum atomic E-state index is 12.3. The van der Waals surface area contributed by atoms with Gasteiger partial charge < -0.3 is 19.5 Å². The summed E-state index contributed by atoms with van der Waals surface area (Å²) >= 11 is 1.24. The molecule has 3 rings (SSSR count). The van der Waals surface area contributed by atoms with Crippen molar-refractivity contribution >= 4 is 39.1 Å². The van der Waals surface area contributed by atoms with E-state index in [-0.39, 0.29) is 0 Å². The summed E-state index contributed by atoms with van der Waals surface area (Å²) in [6.45, 7) is 1.10. The van der Waals surface area contributed by atoms with Crippen molar-refractivity contribution in [2.45, 2.75) is 6.42 Å². The maximum absolute atomic E-state index is 12.3. The number of hydrogen-bond donors (Lipinski definition) is 3. The zero-order valence-electron chi connectivity index (χ0n) is 12.7. The lowest BCUT2D eigenvalue weighted by Gasteiger charge is -2.11. The lowest BCUT2D eigenvalue weighted by Crippen LogP contribution is -2.35. The van der Waals surface area contributed by atoms with E-state index in [0.717, 1.165) is 10.5 Å². The highest BCUT2D eigenvalue weighted by Gasteiger charge is 2.24. The van der Waals surface area contributed by atoms with E-state index in [2.05, 4.69) is 0 Å². The quantitative estimate of drug-likeness (QED) is 0.756. The Labute approximate surface area is 139 Å². The molecule has 2 aromatic heterocycles. The van der Waals surface area contributed by atoms with Crippen LogP contribution in [-0.4, -0.2) is 40.0 Å². The van der Waals surface area contributed by atoms with Crippen LogP contribution in [0.1, 0.15) is 21.7 Å². The summed E-state index contributed by atoms with van der Waals surface area (Å²) in [7, 11) is 1.47. The molecule has 1 aliphatic heterocycles. The first-order valence-corrected chi connectivity index (χ1v) is 7.88. The van der Waals surface area contributed by atoms with Crippen LogP contribution in [0.3, 0.4) is 0 Å². The van der Waals surface area contributed by atoms with Crippen molar-refractivity contribution in [1.82, 2.24) is 9.88 Å². The Morgan fingerprint density at radius 1 is 1.42 bits per heavy atom. The van der Waals surface area contributed by atoms with Crippen LogP contribution < -0.4 is 10.9 Å². The van der Waals surface area contributed by atoms with E-state index in [0.29, 0.717) is 29.9 Å². The first-order chi connectivity index (χ1) is 11.4. The second-order valence-corrected chi connectivity index (χ2v) is 6.28. The SMILES string of the molecule is Cn1c(=O)c(C(=O)NC(=O)O)c(O)c2sc(C3=CCOCC3)cc21. The van der Waals surface area contributed by atoms with Crippen molar-refractivity contribution < 1.29 is 24.5 Å². The highest BCUT2D eigenvalue weighted by molar-refractivity contribution is 7.20. The molecule has 2 amide bonds. The number of nitrogens with zero attached hydrogens (tertiary/aromatic N) is 1. The topological polar surface area (TPSA) is 118 Å². The molecule has 0 bridgehead atoms. The molecule has 1 aliphatic rings. The number of pyridine rings is 1. The minimum Gasteiger partial charge on any atom is -0.505 e. The number of fused-ring (bicyclic) bond motifs is 1. The number of amides is 2. The van der Waals surface area contributed by atoms with Gasteiger partial charge in [0, 0.05) is 11.9 Å². The normalized spacial score (nSPS) is 14.5. The van der Waals surface area contributed by atoms with Crippen molar-refractivity contribution in [3.05, 3.63) is 32.9 Å². The van der Waals surface area contributed by atoms with Gasteiger partial charge in [0.25, 0.3) is 11.5 Å². The number of ether oxygens (including phenoxy) is 1. The summed E-state index contributed by atoms with van der Waals surface area (Å²) in [4.78, 5) is 35.7. The van der Waals surface area contributed by atoms with E-state index in [4.69, 9.17) is 9.84 Å². The second-order valence-electron chi connectivity index (χ2n) is 5.23. The van der Waals surface area contributed by atoms with Crippen LogP contribution in [-0.2, 0) is 11.8 Å². The van der Waals surface area contributed by atoms with Crippen LogP contribution >= 0.6 is 11.3 Å². The zero-order chi connectivity index (χ0) is 17.4. The molecule has 8 nitrogen and oxygen atoms in total. The molecule has 0 radical (unpaired) electrons. The number of carbonyl (C=O) groups is 2. The van der Waals surface area contributed by atoms with Crippen LogP contribution in [0.25, 0.3) is 15.8 Å². The number of carbonyl (C=O) groups excluding carboxylic acids is 1. The Balaban J connectivity index is 2.19. The Bertz CT molecular complexity index is 940. The van der Waals surface area contributed by atoms with Crippen LogP contribution in [0.5, 0.6) is 5.75 Å². The third-order valence-electron chi connectivity index (χ3n) is 3.77. The van der Waals surface area contributed by atoms with Crippen molar-refractivity contribution in [1.29, 1.82) is 0 Å². The molecule has 0 aromatic carbocycles. The Morgan fingerprint density at radius 3 is 2.79 bits per heavy atom. The number of hydrogen-bond acceptors (Lipinski definition) is 6. The van der Waals surface area contributed by atoms with Crippen molar-refractivity contribution in [3.8, 4) is 5.75 Å². The summed E-state index contributed by atoms with van der Waals surface area (Å²) in [5.74, 6) is -1.65. The van der Waals surface area contributed by atoms with Gasteiger partial charge in [-0.25, -0.2) is 4.79 Å². The summed E-state index contributed by atoms with van der Waals surface area (Å²) in [6.07, 6.45) is 1.05. The number of aryl methyl sites for hydroxylation is 1. The number of rotatable bonds is 2. The van der Waals surface area contributed by atoms with Gasteiger partial charge in [-0.15, -0.1) is 11.3 Å². The third kappa shape index (κ3) is 2.68. The first-order valence-electron chi connectivity index (χ1n) is 7.07. The van der Waals surface area contributed by atoms with E-state index in [9.17, 15) is 19.5 Å². The minimum absolute atomic E-state index is 0.357. The molecule has 0 unspecified atom stereocenters. The van der Waals surface area contributed by atoms with E-state index in [1.165, 1.54) is 23.0 Å². The Morgan fingerprint density at radius 2 is 2.17 bits per heavy atom. The summed E-state index contributed by atoms with van der Waals surface area (Å²) < 4.78 is 6.85. The van der Waals surface area contributed by atoms with Gasteiger partial charge >= 0.3 is 6.09 Å². The highest BCUT2D eigenvalue weighted by atomic mass is 32.1. The number of carboxylic acid groups (broad SMARTS) is 1. The average molecular weight is 350 g/mol. The standard InChI is InChI=1S/C15H14N2O6S/c1-17-8-6-9(7-2-4-23-5-3-7)24-12(8)11(18)10(14(17)20)13(19)16-15(21)22/h2,6,18H,3-5H2,1H3,(H,16,19)(H,21,22). The van der Waals surface area contributed by atoms with Crippen molar-refractivity contribution in [2.24, 2.45) is 7.05 Å². The molecule has 9 heteroatoms. The zero-order valence-corrected chi connectivity index (χ0v) is 13.5. The molecule has 0 aliphatic carbocycles. The lowest BCUT2D eigenvalue weighted by molar-refractivity contribution is 0.0944. The van der Waals surface area contributed by atoms with E-state index < -0.39 is 28.9 Å². The molecule has 3 heterocycles. The molecule has 3 N–H and O–H groups in total. The summed E-state index contributed by atoms with van der Waals surface area (Å²) in [5.41, 5.74) is 0.188. The molecular formula is C15H14N2O6S. The van der Waals surface area contributed by atoms with E-state index in [1.807, 2.05) is 6.08 Å². The summed E-state index contributed by atoms with van der Waals surface area (Å²) in [6, 6.07) is 1.77. The predicted octanol–water partition coefficient (Wildman–Crippen LogP) is 1.52. The van der Waals surface area contributed by atoms with Crippen molar-refractivity contribution in [2.75, 3.05) is 13.2 Å². The predicted molar refractivity (Wildman–Crippen MR) is 87.6 cm³/mol. The Kier molecular flexibility index (Phi) is 4.12. The minimum atomic E-state index is -1.60. The van der Waals surface area contributed by atoms with Gasteiger partial charge in [0.2, 0.25) is 0 Å². The van der Waals surface area contributed by atoms with Gasteiger partial charge in [0.05, 0.1) is 23.4 Å². The van der Waals surface area contributed by atoms with Crippen LogP contribution in [0.15, 0.2) is 16.9 Å². The molecule has 0 saturated carbocycles. The molecule has 0 spiro atoms. The lowest BCUT2D eigenvalue weighted by atomic mass is 10.1. The fraction of sp³-hybridized carbons (Fsp3) is 0.267. The number of imide groups is 1. The molecular weight excluding hydrogens is 336 g/mol. The summed E-state index contributed by atoms with van der Waals surface area (Å²) in [5, 5.41) is 20.6. The van der Waals surface area contributed by atoms with Gasteiger partial charge in [0.15, 0.2) is 5.75 Å². The first kappa shape index (κ1) is 16.2. The number of aromatic nitrogens is 1.